The Morgan fingerprint density at radius 2 is 2.27 bits per heavy atom. The lowest BCUT2D eigenvalue weighted by Gasteiger charge is -2.08. The molecule has 3 atom stereocenters. The van der Waals surface area contributed by atoms with Gasteiger partial charge in [0.05, 0.1) is 12.7 Å². The van der Waals surface area contributed by atoms with Gasteiger partial charge in [0, 0.05) is 6.42 Å². The van der Waals surface area contributed by atoms with E-state index < -0.39 is 24.3 Å². The fraction of sp³-hybridized carbons (Fsp3) is 0.833. The molecule has 0 bridgehead atoms. The quantitative estimate of drug-likeness (QED) is 0.464. The highest BCUT2D eigenvalue weighted by Gasteiger charge is 2.37. The molecule has 3 N–H and O–H groups in total. The van der Waals surface area contributed by atoms with Crippen LogP contribution in [0, 0.1) is 0 Å². The van der Waals surface area contributed by atoms with Gasteiger partial charge >= 0.3 is 5.97 Å². The van der Waals surface area contributed by atoms with E-state index in [0.717, 1.165) is 0 Å². The van der Waals surface area contributed by atoms with Crippen LogP contribution in [0.25, 0.3) is 0 Å². The Balaban J connectivity index is 2.49. The summed E-state index contributed by atoms with van der Waals surface area (Å²) >= 11 is 0. The molecule has 0 aromatic carbocycles. The molecule has 0 aliphatic carbocycles. The minimum atomic E-state index is -1.10. The zero-order valence-corrected chi connectivity index (χ0v) is 5.80. The highest BCUT2D eigenvalue weighted by atomic mass is 16.5. The van der Waals surface area contributed by atoms with Crippen LogP contribution in [0.15, 0.2) is 0 Å². The SMILES string of the molecule is O=C(O)[C@H]1C[C@@H](O)[C@@H](CO)O1. The van der Waals surface area contributed by atoms with Crippen molar-refractivity contribution >= 4 is 5.97 Å². The predicted octanol–water partition coefficient (Wildman–Crippen LogP) is -1.42. The van der Waals surface area contributed by atoms with E-state index in [9.17, 15) is 4.79 Å². The molecule has 1 fully saturated rings. The van der Waals surface area contributed by atoms with E-state index in [2.05, 4.69) is 0 Å². The second-order valence-corrected chi connectivity index (χ2v) is 2.49. The number of ether oxygens (including phenoxy) is 1. The van der Waals surface area contributed by atoms with Crippen molar-refractivity contribution in [3.8, 4) is 0 Å². The van der Waals surface area contributed by atoms with Crippen LogP contribution in [0.3, 0.4) is 0 Å². The van der Waals surface area contributed by atoms with Crippen LogP contribution >= 0.6 is 0 Å². The maximum Gasteiger partial charge on any atom is 0.332 e. The molecule has 0 amide bonds. The first-order chi connectivity index (χ1) is 5.15. The maximum absolute atomic E-state index is 10.3. The van der Waals surface area contributed by atoms with Crippen LogP contribution in [0.1, 0.15) is 6.42 Å². The maximum atomic E-state index is 10.3. The van der Waals surface area contributed by atoms with Crippen molar-refractivity contribution in [2.24, 2.45) is 0 Å². The van der Waals surface area contributed by atoms with Crippen LogP contribution in [0.2, 0.25) is 0 Å². The minimum absolute atomic E-state index is 0.0561. The van der Waals surface area contributed by atoms with Crippen molar-refractivity contribution < 1.29 is 24.9 Å². The van der Waals surface area contributed by atoms with Gasteiger partial charge in [-0.3, -0.25) is 0 Å². The van der Waals surface area contributed by atoms with Gasteiger partial charge < -0.3 is 20.1 Å². The average Bonchev–Trinajstić information content (AvgIpc) is 2.31. The van der Waals surface area contributed by atoms with Crippen molar-refractivity contribution in [2.45, 2.75) is 24.7 Å². The summed E-state index contributed by atoms with van der Waals surface area (Å²) in [6.45, 7) is -0.342. The molecule has 0 aromatic rings. The summed E-state index contributed by atoms with van der Waals surface area (Å²) < 4.78 is 4.78. The standard InChI is InChI=1S/C6H10O5/c7-2-5-3(8)1-4(11-5)6(9)10/h3-5,7-8H,1-2H2,(H,9,10)/t3-,4-,5-/m1/s1. The largest absolute Gasteiger partial charge is 0.479 e. The van der Waals surface area contributed by atoms with Crippen molar-refractivity contribution in [1.29, 1.82) is 0 Å². The Bertz CT molecular complexity index is 157. The van der Waals surface area contributed by atoms with Crippen molar-refractivity contribution in [1.82, 2.24) is 0 Å². The van der Waals surface area contributed by atoms with Crippen molar-refractivity contribution in [2.75, 3.05) is 6.61 Å². The lowest BCUT2D eigenvalue weighted by atomic mass is 10.1. The molecular formula is C6H10O5. The van der Waals surface area contributed by atoms with Crippen LogP contribution in [0.5, 0.6) is 0 Å². The molecule has 0 radical (unpaired) electrons. The van der Waals surface area contributed by atoms with Gasteiger partial charge in [-0.25, -0.2) is 4.79 Å². The summed E-state index contributed by atoms with van der Waals surface area (Å²) in [6, 6.07) is 0. The van der Waals surface area contributed by atoms with E-state index in [1.807, 2.05) is 0 Å². The number of aliphatic hydroxyl groups excluding tert-OH is 2. The van der Waals surface area contributed by atoms with E-state index in [1.165, 1.54) is 0 Å². The molecule has 1 aliphatic rings. The molecule has 11 heavy (non-hydrogen) atoms. The normalized spacial score (nSPS) is 37.5. The van der Waals surface area contributed by atoms with E-state index in [1.54, 1.807) is 0 Å². The number of aliphatic hydroxyl groups is 2. The van der Waals surface area contributed by atoms with Gasteiger partial charge in [-0.2, -0.15) is 0 Å². The van der Waals surface area contributed by atoms with Crippen LogP contribution in [0.4, 0.5) is 0 Å². The zero-order valence-electron chi connectivity index (χ0n) is 5.80. The van der Waals surface area contributed by atoms with Gasteiger partial charge in [-0.05, 0) is 0 Å². The molecule has 1 rings (SSSR count). The molecular weight excluding hydrogens is 152 g/mol. The van der Waals surface area contributed by atoms with Gasteiger partial charge in [0.15, 0.2) is 6.10 Å². The van der Waals surface area contributed by atoms with Gasteiger partial charge in [0.25, 0.3) is 0 Å². The fourth-order valence-electron chi connectivity index (χ4n) is 1.05. The number of hydrogen-bond donors (Lipinski definition) is 3. The van der Waals surface area contributed by atoms with Crippen molar-refractivity contribution in [3.63, 3.8) is 0 Å². The van der Waals surface area contributed by atoms with E-state index in [4.69, 9.17) is 20.1 Å². The van der Waals surface area contributed by atoms with Gasteiger partial charge in [0.2, 0.25) is 0 Å². The third-order valence-electron chi connectivity index (χ3n) is 1.68. The Morgan fingerprint density at radius 3 is 2.55 bits per heavy atom. The van der Waals surface area contributed by atoms with E-state index in [-0.39, 0.29) is 13.0 Å². The molecule has 1 heterocycles. The highest BCUT2D eigenvalue weighted by Crippen LogP contribution is 2.19. The lowest BCUT2D eigenvalue weighted by molar-refractivity contribution is -0.150. The first-order valence-corrected chi connectivity index (χ1v) is 3.32. The molecule has 0 saturated carbocycles. The lowest BCUT2D eigenvalue weighted by Crippen LogP contribution is -2.25. The number of carbonyl (C=O) groups is 1. The molecule has 0 aromatic heterocycles. The Kier molecular flexibility index (Phi) is 2.43. The topological polar surface area (TPSA) is 87.0 Å². The van der Waals surface area contributed by atoms with Crippen molar-refractivity contribution in [3.05, 3.63) is 0 Å². The minimum Gasteiger partial charge on any atom is -0.479 e. The number of aliphatic carboxylic acids is 1. The summed E-state index contributed by atoms with van der Waals surface area (Å²) in [7, 11) is 0. The molecule has 1 aliphatic heterocycles. The number of carboxylic acid groups (broad SMARTS) is 1. The number of rotatable bonds is 2. The van der Waals surface area contributed by atoms with Gasteiger partial charge in [-0.1, -0.05) is 0 Å². The summed E-state index contributed by atoms with van der Waals surface area (Å²) in [5.74, 6) is -1.10. The Labute approximate surface area is 63.2 Å². The second-order valence-electron chi connectivity index (χ2n) is 2.49. The fourth-order valence-corrected chi connectivity index (χ4v) is 1.05. The molecule has 5 heteroatoms. The van der Waals surface area contributed by atoms with Gasteiger partial charge in [0.1, 0.15) is 6.10 Å². The van der Waals surface area contributed by atoms with Crippen LogP contribution in [-0.4, -0.2) is 46.2 Å². The summed E-state index contributed by atoms with van der Waals surface area (Å²) in [5, 5.41) is 26.0. The van der Waals surface area contributed by atoms with Crippen LogP contribution < -0.4 is 0 Å². The zero-order chi connectivity index (χ0) is 8.43. The Hall–Kier alpha value is -0.650. The summed E-state index contributed by atoms with van der Waals surface area (Å²) in [5.41, 5.74) is 0. The van der Waals surface area contributed by atoms with Gasteiger partial charge in [-0.15, -0.1) is 0 Å². The molecule has 64 valence electrons. The van der Waals surface area contributed by atoms with E-state index >= 15 is 0 Å². The van der Waals surface area contributed by atoms with Crippen LogP contribution in [-0.2, 0) is 9.53 Å². The average molecular weight is 162 g/mol. The summed E-state index contributed by atoms with van der Waals surface area (Å²) in [4.78, 5) is 10.3. The third kappa shape index (κ3) is 1.68. The Morgan fingerprint density at radius 1 is 1.64 bits per heavy atom. The molecule has 5 nitrogen and oxygen atoms in total. The molecule has 0 unspecified atom stereocenters. The number of hydrogen-bond acceptors (Lipinski definition) is 4. The second kappa shape index (κ2) is 3.17. The first-order valence-electron chi connectivity index (χ1n) is 3.32. The first kappa shape index (κ1) is 8.45. The third-order valence-corrected chi connectivity index (χ3v) is 1.68. The van der Waals surface area contributed by atoms with E-state index in [0.29, 0.717) is 0 Å². The summed E-state index contributed by atoms with van der Waals surface area (Å²) in [6.07, 6.45) is -2.51. The molecule has 1 saturated heterocycles. The predicted molar refractivity (Wildman–Crippen MR) is 34.0 cm³/mol. The molecule has 0 spiro atoms. The number of carboxylic acids is 1. The monoisotopic (exact) mass is 162 g/mol. The highest BCUT2D eigenvalue weighted by molar-refractivity contribution is 5.72. The smallest absolute Gasteiger partial charge is 0.332 e.